The van der Waals surface area contributed by atoms with Crippen molar-refractivity contribution in [3.63, 3.8) is 0 Å². The van der Waals surface area contributed by atoms with Gasteiger partial charge in [0.15, 0.2) is 0 Å². The number of aromatic nitrogens is 3. The van der Waals surface area contributed by atoms with Gasteiger partial charge in [0, 0.05) is 17.9 Å². The minimum atomic E-state index is -0.289. The molecule has 2 heterocycles. The maximum Gasteiger partial charge on any atom is 0.256 e. The molecule has 2 aromatic heterocycles. The molecule has 0 aliphatic rings. The Kier molecular flexibility index (Phi) is 6.08. The fourth-order valence-corrected chi connectivity index (χ4v) is 2.49. The van der Waals surface area contributed by atoms with Crippen LogP contribution in [0.25, 0.3) is 0 Å². The Balaban J connectivity index is 1.91. The predicted octanol–water partition coefficient (Wildman–Crippen LogP) is 3.09. The number of methoxy groups -OCH3 is 1. The van der Waals surface area contributed by atoms with Gasteiger partial charge in [0.1, 0.15) is 28.8 Å². The lowest BCUT2D eigenvalue weighted by Gasteiger charge is -2.14. The zero-order valence-corrected chi connectivity index (χ0v) is 16.4. The van der Waals surface area contributed by atoms with Crippen LogP contribution in [0.3, 0.4) is 0 Å². The first-order chi connectivity index (χ1) is 13.9. The van der Waals surface area contributed by atoms with E-state index in [-0.39, 0.29) is 11.9 Å². The third kappa shape index (κ3) is 5.32. The quantitative estimate of drug-likeness (QED) is 0.482. The summed E-state index contributed by atoms with van der Waals surface area (Å²) < 4.78 is 5.16. The Morgan fingerprint density at radius 2 is 1.83 bits per heavy atom. The third-order valence-corrected chi connectivity index (χ3v) is 3.82. The topological polar surface area (TPSA) is 127 Å². The van der Waals surface area contributed by atoms with Gasteiger partial charge in [0.05, 0.1) is 7.11 Å². The standard InChI is InChI=1S/C20H23N7O2/c1-12(2)23-19(28)15-11-22-20(24-13-7-9-14(29-3)10-8-13)27-18(15)26-17-6-4-5-16(21)25-17/h4-12H,1-3H3,(H,23,28)(H4,21,22,24,25,26,27). The van der Waals surface area contributed by atoms with E-state index in [1.807, 2.05) is 38.1 Å². The van der Waals surface area contributed by atoms with Gasteiger partial charge in [-0.05, 0) is 50.2 Å². The zero-order valence-electron chi connectivity index (χ0n) is 16.4. The second-order valence-corrected chi connectivity index (χ2v) is 6.51. The molecule has 0 fully saturated rings. The summed E-state index contributed by atoms with van der Waals surface area (Å²) in [5.41, 5.74) is 6.82. The minimum Gasteiger partial charge on any atom is -0.497 e. The molecule has 9 nitrogen and oxygen atoms in total. The van der Waals surface area contributed by atoms with Crippen LogP contribution in [-0.2, 0) is 0 Å². The fraction of sp³-hybridized carbons (Fsp3) is 0.200. The summed E-state index contributed by atoms with van der Waals surface area (Å²) in [6.07, 6.45) is 1.46. The number of carbonyl (C=O) groups is 1. The predicted molar refractivity (Wildman–Crippen MR) is 113 cm³/mol. The Morgan fingerprint density at radius 1 is 1.07 bits per heavy atom. The number of nitrogens with one attached hydrogen (secondary N) is 3. The molecule has 9 heteroatoms. The van der Waals surface area contributed by atoms with Gasteiger partial charge in [0.25, 0.3) is 5.91 Å². The molecule has 150 valence electrons. The molecule has 0 spiro atoms. The number of hydrogen-bond acceptors (Lipinski definition) is 8. The second-order valence-electron chi connectivity index (χ2n) is 6.51. The first-order valence-electron chi connectivity index (χ1n) is 9.03. The Labute approximate surface area is 168 Å². The molecule has 3 aromatic rings. The largest absolute Gasteiger partial charge is 0.497 e. The van der Waals surface area contributed by atoms with Crippen LogP contribution in [-0.4, -0.2) is 34.0 Å². The summed E-state index contributed by atoms with van der Waals surface area (Å²) in [6.45, 7) is 3.76. The lowest BCUT2D eigenvalue weighted by molar-refractivity contribution is 0.0943. The Hall–Kier alpha value is -3.88. The summed E-state index contributed by atoms with van der Waals surface area (Å²) in [5, 5.41) is 8.99. The van der Waals surface area contributed by atoms with Gasteiger partial charge in [-0.25, -0.2) is 9.97 Å². The molecule has 0 unspecified atom stereocenters. The smallest absolute Gasteiger partial charge is 0.256 e. The van der Waals surface area contributed by atoms with Gasteiger partial charge in [-0.1, -0.05) is 6.07 Å². The van der Waals surface area contributed by atoms with Crippen molar-refractivity contribution >= 4 is 35.0 Å². The van der Waals surface area contributed by atoms with Crippen molar-refractivity contribution in [1.29, 1.82) is 0 Å². The first-order valence-corrected chi connectivity index (χ1v) is 9.03. The lowest BCUT2D eigenvalue weighted by atomic mass is 10.2. The van der Waals surface area contributed by atoms with Crippen LogP contribution < -0.4 is 26.4 Å². The highest BCUT2D eigenvalue weighted by Gasteiger charge is 2.16. The number of amides is 1. The zero-order chi connectivity index (χ0) is 20.8. The normalized spacial score (nSPS) is 10.5. The lowest BCUT2D eigenvalue weighted by Crippen LogP contribution is -2.31. The summed E-state index contributed by atoms with van der Waals surface area (Å²) in [6, 6.07) is 12.5. The molecule has 0 aliphatic heterocycles. The van der Waals surface area contributed by atoms with E-state index in [1.165, 1.54) is 6.20 Å². The van der Waals surface area contributed by atoms with Crippen LogP contribution in [0.15, 0.2) is 48.7 Å². The van der Waals surface area contributed by atoms with Crippen molar-refractivity contribution in [1.82, 2.24) is 20.3 Å². The van der Waals surface area contributed by atoms with E-state index in [4.69, 9.17) is 10.5 Å². The van der Waals surface area contributed by atoms with Crippen molar-refractivity contribution in [2.24, 2.45) is 0 Å². The van der Waals surface area contributed by atoms with E-state index in [0.29, 0.717) is 29.0 Å². The molecular weight excluding hydrogens is 370 g/mol. The second kappa shape index (κ2) is 8.87. The van der Waals surface area contributed by atoms with Crippen LogP contribution in [0, 0.1) is 0 Å². The maximum absolute atomic E-state index is 12.6. The molecule has 0 radical (unpaired) electrons. The van der Waals surface area contributed by atoms with Crippen molar-refractivity contribution in [3.05, 3.63) is 54.2 Å². The molecule has 0 atom stereocenters. The van der Waals surface area contributed by atoms with Gasteiger partial charge in [-0.2, -0.15) is 4.98 Å². The van der Waals surface area contributed by atoms with Crippen LogP contribution >= 0.6 is 0 Å². The molecular formula is C20H23N7O2. The van der Waals surface area contributed by atoms with Gasteiger partial charge in [-0.3, -0.25) is 4.79 Å². The Morgan fingerprint density at radius 3 is 2.48 bits per heavy atom. The SMILES string of the molecule is COc1ccc(Nc2ncc(C(=O)NC(C)C)c(Nc3cccc(N)n3)n2)cc1. The molecule has 0 saturated carbocycles. The molecule has 1 amide bonds. The van der Waals surface area contributed by atoms with Crippen LogP contribution in [0.5, 0.6) is 5.75 Å². The molecule has 5 N–H and O–H groups in total. The summed E-state index contributed by atoms with van der Waals surface area (Å²) in [4.78, 5) is 25.5. The molecule has 3 rings (SSSR count). The fourth-order valence-electron chi connectivity index (χ4n) is 2.49. The number of carbonyl (C=O) groups excluding carboxylic acids is 1. The third-order valence-electron chi connectivity index (χ3n) is 3.82. The van der Waals surface area contributed by atoms with Gasteiger partial charge >= 0.3 is 0 Å². The first kappa shape index (κ1) is 19.9. The van der Waals surface area contributed by atoms with Crippen LogP contribution in [0.1, 0.15) is 24.2 Å². The van der Waals surface area contributed by atoms with E-state index in [1.54, 1.807) is 25.3 Å². The number of hydrogen-bond donors (Lipinski definition) is 4. The van der Waals surface area contributed by atoms with Crippen molar-refractivity contribution in [2.75, 3.05) is 23.5 Å². The number of benzene rings is 1. The average Bonchev–Trinajstić information content (AvgIpc) is 2.68. The summed E-state index contributed by atoms with van der Waals surface area (Å²) >= 11 is 0. The molecule has 0 bridgehead atoms. The highest BCUT2D eigenvalue weighted by atomic mass is 16.5. The van der Waals surface area contributed by atoms with E-state index < -0.39 is 0 Å². The van der Waals surface area contributed by atoms with Gasteiger partial charge < -0.3 is 26.4 Å². The van der Waals surface area contributed by atoms with Gasteiger partial charge in [0.2, 0.25) is 5.95 Å². The molecule has 1 aromatic carbocycles. The molecule has 0 aliphatic carbocycles. The summed E-state index contributed by atoms with van der Waals surface area (Å²) in [7, 11) is 1.61. The van der Waals surface area contributed by atoms with Crippen molar-refractivity contribution < 1.29 is 9.53 Å². The number of pyridine rings is 1. The highest BCUT2D eigenvalue weighted by Crippen LogP contribution is 2.22. The van der Waals surface area contributed by atoms with E-state index in [9.17, 15) is 4.79 Å². The molecule has 0 saturated heterocycles. The van der Waals surface area contributed by atoms with Crippen molar-refractivity contribution in [3.8, 4) is 5.75 Å². The average molecular weight is 393 g/mol. The number of nitrogens with two attached hydrogens (primary N) is 1. The van der Waals surface area contributed by atoms with E-state index in [2.05, 4.69) is 30.9 Å². The van der Waals surface area contributed by atoms with Crippen LogP contribution in [0.2, 0.25) is 0 Å². The number of nitrogens with zero attached hydrogens (tertiary/aromatic N) is 3. The highest BCUT2D eigenvalue weighted by molar-refractivity contribution is 5.99. The molecule has 29 heavy (non-hydrogen) atoms. The van der Waals surface area contributed by atoms with Crippen molar-refractivity contribution in [2.45, 2.75) is 19.9 Å². The number of anilines is 5. The maximum atomic E-state index is 12.6. The minimum absolute atomic E-state index is 0.0297. The van der Waals surface area contributed by atoms with E-state index >= 15 is 0 Å². The van der Waals surface area contributed by atoms with E-state index in [0.717, 1.165) is 11.4 Å². The monoisotopic (exact) mass is 393 g/mol. The number of rotatable bonds is 7. The van der Waals surface area contributed by atoms with Crippen LogP contribution in [0.4, 0.5) is 29.1 Å². The number of nitrogen functional groups attached to an aromatic ring is 1. The van der Waals surface area contributed by atoms with Gasteiger partial charge in [-0.15, -0.1) is 0 Å². The Bertz CT molecular complexity index is 990. The number of ether oxygens (including phenoxy) is 1. The summed E-state index contributed by atoms with van der Waals surface area (Å²) in [5.74, 6) is 1.91.